The standard InChI is InChI=1S/C13H17N3S/c1-8-6-11-12(7-9(8)14)17-13(16-11)10-4-2-3-5-15-10/h6-7,10,15H,2-5,14H2,1H3. The summed E-state index contributed by atoms with van der Waals surface area (Å²) in [5, 5.41) is 4.75. The Morgan fingerprint density at radius 1 is 1.41 bits per heavy atom. The highest BCUT2D eigenvalue weighted by Gasteiger charge is 2.18. The summed E-state index contributed by atoms with van der Waals surface area (Å²) in [6.45, 7) is 3.15. The molecule has 1 saturated heterocycles. The van der Waals surface area contributed by atoms with Crippen molar-refractivity contribution in [2.75, 3.05) is 12.3 Å². The highest BCUT2D eigenvalue weighted by Crippen LogP contribution is 2.32. The maximum Gasteiger partial charge on any atom is 0.111 e. The molecule has 1 aliphatic heterocycles. The van der Waals surface area contributed by atoms with E-state index in [2.05, 4.69) is 17.4 Å². The molecule has 1 unspecified atom stereocenters. The maximum absolute atomic E-state index is 5.94. The number of nitrogens with two attached hydrogens (primary N) is 1. The Bertz CT molecular complexity index is 502. The smallest absolute Gasteiger partial charge is 0.111 e. The highest BCUT2D eigenvalue weighted by atomic mass is 32.1. The molecule has 0 spiro atoms. The second kappa shape index (κ2) is 4.27. The van der Waals surface area contributed by atoms with Gasteiger partial charge in [0.2, 0.25) is 0 Å². The third-order valence-corrected chi connectivity index (χ3v) is 4.53. The lowest BCUT2D eigenvalue weighted by Crippen LogP contribution is -2.26. The van der Waals surface area contributed by atoms with Crippen LogP contribution in [0, 0.1) is 6.92 Å². The number of nitrogens with one attached hydrogen (secondary N) is 1. The van der Waals surface area contributed by atoms with Gasteiger partial charge in [0.25, 0.3) is 0 Å². The lowest BCUT2D eigenvalue weighted by atomic mass is 10.1. The van der Waals surface area contributed by atoms with Crippen LogP contribution in [0.2, 0.25) is 0 Å². The quantitative estimate of drug-likeness (QED) is 0.762. The zero-order valence-electron chi connectivity index (χ0n) is 9.99. The molecule has 17 heavy (non-hydrogen) atoms. The Balaban J connectivity index is 2.00. The minimum Gasteiger partial charge on any atom is -0.398 e. The number of piperidine rings is 1. The van der Waals surface area contributed by atoms with E-state index in [4.69, 9.17) is 10.7 Å². The Hall–Kier alpha value is -1.13. The van der Waals surface area contributed by atoms with Crippen molar-refractivity contribution in [1.82, 2.24) is 10.3 Å². The predicted octanol–water partition coefficient (Wildman–Crippen LogP) is 3.00. The van der Waals surface area contributed by atoms with Gasteiger partial charge in [-0.25, -0.2) is 4.98 Å². The van der Waals surface area contributed by atoms with Crippen LogP contribution in [0.1, 0.15) is 35.9 Å². The molecule has 0 saturated carbocycles. The number of anilines is 1. The van der Waals surface area contributed by atoms with Crippen LogP contribution in [0.3, 0.4) is 0 Å². The summed E-state index contributed by atoms with van der Waals surface area (Å²) >= 11 is 1.77. The minimum absolute atomic E-state index is 0.447. The van der Waals surface area contributed by atoms with Crippen molar-refractivity contribution in [3.8, 4) is 0 Å². The Morgan fingerprint density at radius 3 is 3.06 bits per heavy atom. The number of nitrogens with zero attached hydrogens (tertiary/aromatic N) is 1. The average molecular weight is 247 g/mol. The summed E-state index contributed by atoms with van der Waals surface area (Å²) in [7, 11) is 0. The number of aromatic nitrogens is 1. The Kier molecular flexibility index (Phi) is 2.76. The molecule has 0 aliphatic carbocycles. The molecule has 2 aromatic rings. The third-order valence-electron chi connectivity index (χ3n) is 3.40. The van der Waals surface area contributed by atoms with Gasteiger partial charge in [-0.3, -0.25) is 0 Å². The van der Waals surface area contributed by atoms with Crippen LogP contribution in [0.5, 0.6) is 0 Å². The van der Waals surface area contributed by atoms with E-state index in [0.717, 1.165) is 23.3 Å². The monoisotopic (exact) mass is 247 g/mol. The molecule has 0 amide bonds. The van der Waals surface area contributed by atoms with Crippen LogP contribution in [0.15, 0.2) is 12.1 Å². The first-order valence-electron chi connectivity index (χ1n) is 6.14. The van der Waals surface area contributed by atoms with Gasteiger partial charge in [-0.1, -0.05) is 6.42 Å². The minimum atomic E-state index is 0.447. The van der Waals surface area contributed by atoms with E-state index in [1.54, 1.807) is 11.3 Å². The van der Waals surface area contributed by atoms with E-state index in [1.807, 2.05) is 6.92 Å². The first-order chi connectivity index (χ1) is 8.24. The number of fused-ring (bicyclic) bond motifs is 1. The molecule has 1 atom stereocenters. The van der Waals surface area contributed by atoms with Gasteiger partial charge in [0.15, 0.2) is 0 Å². The van der Waals surface area contributed by atoms with Gasteiger partial charge >= 0.3 is 0 Å². The van der Waals surface area contributed by atoms with Crippen LogP contribution in [-0.4, -0.2) is 11.5 Å². The van der Waals surface area contributed by atoms with Crippen molar-refractivity contribution in [2.45, 2.75) is 32.2 Å². The molecule has 2 heterocycles. The van der Waals surface area contributed by atoms with Crippen LogP contribution >= 0.6 is 11.3 Å². The van der Waals surface area contributed by atoms with Crippen LogP contribution in [0.25, 0.3) is 10.2 Å². The Morgan fingerprint density at radius 2 is 2.29 bits per heavy atom. The van der Waals surface area contributed by atoms with Gasteiger partial charge in [0.1, 0.15) is 5.01 Å². The summed E-state index contributed by atoms with van der Waals surface area (Å²) < 4.78 is 1.20. The van der Waals surface area contributed by atoms with Crippen molar-refractivity contribution in [1.29, 1.82) is 0 Å². The van der Waals surface area contributed by atoms with Crippen LogP contribution in [0.4, 0.5) is 5.69 Å². The van der Waals surface area contributed by atoms with Gasteiger partial charge in [-0.05, 0) is 44.0 Å². The molecular weight excluding hydrogens is 230 g/mol. The lowest BCUT2D eigenvalue weighted by molar-refractivity contribution is 0.411. The summed E-state index contributed by atoms with van der Waals surface area (Å²) in [5.41, 5.74) is 9.01. The molecule has 1 aliphatic rings. The lowest BCUT2D eigenvalue weighted by Gasteiger charge is -2.20. The zero-order chi connectivity index (χ0) is 11.8. The van der Waals surface area contributed by atoms with E-state index in [1.165, 1.54) is 29.0 Å². The van der Waals surface area contributed by atoms with Gasteiger partial charge in [0.05, 0.1) is 16.3 Å². The van der Waals surface area contributed by atoms with E-state index in [0.29, 0.717) is 6.04 Å². The molecule has 3 N–H and O–H groups in total. The molecule has 3 rings (SSSR count). The molecular formula is C13H17N3S. The maximum atomic E-state index is 5.94. The van der Waals surface area contributed by atoms with Gasteiger partial charge in [-0.2, -0.15) is 0 Å². The summed E-state index contributed by atoms with van der Waals surface area (Å²) in [4.78, 5) is 4.74. The van der Waals surface area contributed by atoms with E-state index < -0.39 is 0 Å². The molecule has 4 heteroatoms. The van der Waals surface area contributed by atoms with Crippen molar-refractivity contribution in [3.63, 3.8) is 0 Å². The number of aryl methyl sites for hydroxylation is 1. The molecule has 1 fully saturated rings. The largest absolute Gasteiger partial charge is 0.398 e. The van der Waals surface area contributed by atoms with Crippen molar-refractivity contribution < 1.29 is 0 Å². The Labute approximate surface area is 105 Å². The normalized spacial score (nSPS) is 20.9. The summed E-state index contributed by atoms with van der Waals surface area (Å²) in [5.74, 6) is 0. The second-order valence-electron chi connectivity index (χ2n) is 4.73. The molecule has 1 aromatic carbocycles. The molecule has 0 radical (unpaired) electrons. The van der Waals surface area contributed by atoms with Gasteiger partial charge in [-0.15, -0.1) is 11.3 Å². The fourth-order valence-electron chi connectivity index (χ4n) is 2.32. The number of hydrogen-bond donors (Lipinski definition) is 2. The number of rotatable bonds is 1. The van der Waals surface area contributed by atoms with E-state index in [9.17, 15) is 0 Å². The number of hydrogen-bond acceptors (Lipinski definition) is 4. The summed E-state index contributed by atoms with van der Waals surface area (Å²) in [6.07, 6.45) is 3.79. The number of nitrogen functional groups attached to an aromatic ring is 1. The van der Waals surface area contributed by atoms with Crippen molar-refractivity contribution >= 4 is 27.2 Å². The number of thiazole rings is 1. The fourth-order valence-corrected chi connectivity index (χ4v) is 3.43. The SMILES string of the molecule is Cc1cc2nc(C3CCCCN3)sc2cc1N. The zero-order valence-corrected chi connectivity index (χ0v) is 10.8. The fraction of sp³-hybridized carbons (Fsp3) is 0.462. The predicted molar refractivity (Wildman–Crippen MR) is 73.4 cm³/mol. The topological polar surface area (TPSA) is 50.9 Å². The van der Waals surface area contributed by atoms with Crippen molar-refractivity contribution in [2.24, 2.45) is 0 Å². The molecule has 3 nitrogen and oxygen atoms in total. The molecule has 1 aromatic heterocycles. The van der Waals surface area contributed by atoms with Crippen LogP contribution in [-0.2, 0) is 0 Å². The van der Waals surface area contributed by atoms with Gasteiger partial charge < -0.3 is 11.1 Å². The average Bonchev–Trinajstić information content (AvgIpc) is 2.74. The highest BCUT2D eigenvalue weighted by molar-refractivity contribution is 7.18. The summed E-state index contributed by atoms with van der Waals surface area (Å²) in [6, 6.07) is 4.59. The third kappa shape index (κ3) is 2.03. The van der Waals surface area contributed by atoms with E-state index >= 15 is 0 Å². The van der Waals surface area contributed by atoms with E-state index in [-0.39, 0.29) is 0 Å². The first-order valence-corrected chi connectivity index (χ1v) is 6.95. The van der Waals surface area contributed by atoms with Gasteiger partial charge in [0, 0.05) is 5.69 Å². The van der Waals surface area contributed by atoms with Crippen LogP contribution < -0.4 is 11.1 Å². The number of benzene rings is 1. The first kappa shape index (κ1) is 11.0. The second-order valence-corrected chi connectivity index (χ2v) is 5.79. The molecule has 0 bridgehead atoms. The van der Waals surface area contributed by atoms with Crippen molar-refractivity contribution in [3.05, 3.63) is 22.7 Å². The molecule has 90 valence electrons.